The molecule has 4 nitrogen and oxygen atoms in total. The smallest absolute Gasteiger partial charge is 0.343 e. The van der Waals surface area contributed by atoms with Crippen LogP contribution < -0.4 is 4.74 Å². The number of ether oxygens (including phenoxy) is 3. The van der Waals surface area contributed by atoms with E-state index in [1.165, 1.54) is 0 Å². The molecule has 4 heteroatoms. The molecule has 0 fully saturated rings. The number of benzene rings is 2. The van der Waals surface area contributed by atoms with E-state index in [-0.39, 0.29) is 0 Å². The van der Waals surface area contributed by atoms with Crippen molar-refractivity contribution in [3.63, 3.8) is 0 Å². The van der Waals surface area contributed by atoms with Crippen LogP contribution in [0.2, 0.25) is 0 Å². The van der Waals surface area contributed by atoms with Crippen LogP contribution in [0.5, 0.6) is 5.75 Å². The molecule has 0 atom stereocenters. The van der Waals surface area contributed by atoms with E-state index in [0.717, 1.165) is 11.1 Å². The first kappa shape index (κ1) is 16.2. The number of esters is 1. The van der Waals surface area contributed by atoms with Crippen molar-refractivity contribution in [1.29, 1.82) is 0 Å². The van der Waals surface area contributed by atoms with Crippen LogP contribution in [0.1, 0.15) is 28.4 Å². The average Bonchev–Trinajstić information content (AvgIpc) is 2.56. The molecule has 2 aromatic carbocycles. The monoisotopic (exact) mass is 300 g/mol. The summed E-state index contributed by atoms with van der Waals surface area (Å²) >= 11 is 0. The molecule has 0 aliphatic carbocycles. The Bertz CT molecular complexity index is 625. The van der Waals surface area contributed by atoms with E-state index >= 15 is 0 Å². The largest absolute Gasteiger partial charge is 0.423 e. The molecule has 0 N–H and O–H groups in total. The average molecular weight is 300 g/mol. The zero-order valence-electron chi connectivity index (χ0n) is 13.3. The number of methoxy groups -OCH3 is 2. The number of carbonyl (C=O) groups excluding carboxylic acids is 1. The first-order valence-electron chi connectivity index (χ1n) is 6.98. The van der Waals surface area contributed by atoms with Crippen molar-refractivity contribution in [2.45, 2.75) is 19.6 Å². The molecule has 2 rings (SSSR count). The zero-order chi connectivity index (χ0) is 16.2. The summed E-state index contributed by atoms with van der Waals surface area (Å²) in [4.78, 5) is 12.1. The van der Waals surface area contributed by atoms with Gasteiger partial charge in [0.1, 0.15) is 5.75 Å². The molecule has 22 heavy (non-hydrogen) atoms. The van der Waals surface area contributed by atoms with Crippen molar-refractivity contribution in [1.82, 2.24) is 0 Å². The zero-order valence-corrected chi connectivity index (χ0v) is 13.3. The van der Waals surface area contributed by atoms with Crippen LogP contribution in [0.3, 0.4) is 0 Å². The molecule has 2 aromatic rings. The van der Waals surface area contributed by atoms with Crippen LogP contribution in [0, 0.1) is 6.92 Å². The van der Waals surface area contributed by atoms with E-state index in [0.29, 0.717) is 11.3 Å². The molecule has 116 valence electrons. The van der Waals surface area contributed by atoms with Gasteiger partial charge in [0.2, 0.25) is 0 Å². The molecular weight excluding hydrogens is 280 g/mol. The van der Waals surface area contributed by atoms with Gasteiger partial charge >= 0.3 is 5.97 Å². The highest BCUT2D eigenvalue weighted by Crippen LogP contribution is 2.25. The Balaban J connectivity index is 2.13. The number of carbonyl (C=O) groups is 1. The third-order valence-electron chi connectivity index (χ3n) is 3.66. The van der Waals surface area contributed by atoms with Crippen molar-refractivity contribution in [2.75, 3.05) is 14.2 Å². The molecule has 0 bridgehead atoms. The summed E-state index contributed by atoms with van der Waals surface area (Å²) < 4.78 is 16.0. The topological polar surface area (TPSA) is 44.8 Å². The Hall–Kier alpha value is -2.17. The lowest BCUT2D eigenvalue weighted by atomic mass is 10.1. The lowest BCUT2D eigenvalue weighted by Crippen LogP contribution is -2.26. The van der Waals surface area contributed by atoms with Gasteiger partial charge in [0.15, 0.2) is 5.79 Å². The van der Waals surface area contributed by atoms with Crippen molar-refractivity contribution in [3.8, 4) is 5.75 Å². The summed E-state index contributed by atoms with van der Waals surface area (Å²) in [5, 5.41) is 0. The Kier molecular flexibility index (Phi) is 4.96. The predicted molar refractivity (Wildman–Crippen MR) is 83.9 cm³/mol. The van der Waals surface area contributed by atoms with Gasteiger partial charge in [0.05, 0.1) is 5.56 Å². The fourth-order valence-electron chi connectivity index (χ4n) is 2.00. The molecule has 0 aromatic heterocycles. The molecular formula is C18H20O4. The summed E-state index contributed by atoms with van der Waals surface area (Å²) in [7, 11) is 3.14. The van der Waals surface area contributed by atoms with Crippen LogP contribution in [-0.2, 0) is 15.3 Å². The lowest BCUT2D eigenvalue weighted by Gasteiger charge is -2.26. The maximum Gasteiger partial charge on any atom is 0.343 e. The third-order valence-corrected chi connectivity index (χ3v) is 3.66. The highest BCUT2D eigenvalue weighted by molar-refractivity contribution is 5.91. The van der Waals surface area contributed by atoms with E-state index in [4.69, 9.17) is 14.2 Å². The Morgan fingerprint density at radius 1 is 0.909 bits per heavy atom. The molecule has 0 radical (unpaired) electrons. The van der Waals surface area contributed by atoms with Gasteiger partial charge in [-0.1, -0.05) is 29.8 Å². The Labute approximate surface area is 130 Å². The van der Waals surface area contributed by atoms with Crippen LogP contribution >= 0.6 is 0 Å². The van der Waals surface area contributed by atoms with Gasteiger partial charge in [0.25, 0.3) is 0 Å². The second-order valence-electron chi connectivity index (χ2n) is 5.13. The van der Waals surface area contributed by atoms with Gasteiger partial charge in [-0.2, -0.15) is 0 Å². The van der Waals surface area contributed by atoms with Gasteiger partial charge in [-0.05, 0) is 38.1 Å². The summed E-state index contributed by atoms with van der Waals surface area (Å²) in [5.41, 5.74) is 2.41. The summed E-state index contributed by atoms with van der Waals surface area (Å²) in [6.07, 6.45) is 0. The Morgan fingerprint density at radius 2 is 1.45 bits per heavy atom. The fraction of sp³-hybridized carbons (Fsp3) is 0.278. The summed E-state index contributed by atoms with van der Waals surface area (Å²) in [6, 6.07) is 14.3. The number of hydrogen-bond acceptors (Lipinski definition) is 4. The minimum absolute atomic E-state index is 0.396. The molecule has 0 unspecified atom stereocenters. The highest BCUT2D eigenvalue weighted by Gasteiger charge is 2.25. The molecule has 0 heterocycles. The summed E-state index contributed by atoms with van der Waals surface area (Å²) in [6.45, 7) is 3.79. The van der Waals surface area contributed by atoms with Crippen molar-refractivity contribution >= 4 is 5.97 Å². The number of rotatable bonds is 5. The van der Waals surface area contributed by atoms with E-state index < -0.39 is 11.8 Å². The van der Waals surface area contributed by atoms with Gasteiger partial charge in [0, 0.05) is 19.8 Å². The van der Waals surface area contributed by atoms with Gasteiger partial charge in [-0.3, -0.25) is 0 Å². The van der Waals surface area contributed by atoms with Crippen LogP contribution in [-0.4, -0.2) is 20.2 Å². The van der Waals surface area contributed by atoms with Gasteiger partial charge in [-0.15, -0.1) is 0 Å². The second-order valence-corrected chi connectivity index (χ2v) is 5.13. The maximum absolute atomic E-state index is 12.1. The molecule has 0 saturated carbocycles. The standard InChI is InChI=1S/C18H20O4/c1-13-5-11-16(12-6-13)22-17(19)14-7-9-15(10-8-14)18(2,20-3)21-4/h5-12H,1-4H3. The normalized spacial score (nSPS) is 11.3. The van der Waals surface area contributed by atoms with Gasteiger partial charge in [-0.25, -0.2) is 4.79 Å². The first-order valence-corrected chi connectivity index (χ1v) is 6.98. The van der Waals surface area contributed by atoms with E-state index in [1.807, 2.05) is 26.0 Å². The van der Waals surface area contributed by atoms with E-state index in [1.54, 1.807) is 50.6 Å². The highest BCUT2D eigenvalue weighted by atomic mass is 16.7. The molecule has 0 amide bonds. The SMILES string of the molecule is COC(C)(OC)c1ccc(C(=O)Oc2ccc(C)cc2)cc1. The lowest BCUT2D eigenvalue weighted by molar-refractivity contribution is -0.201. The van der Waals surface area contributed by atoms with Crippen LogP contribution in [0.25, 0.3) is 0 Å². The Morgan fingerprint density at radius 3 is 1.95 bits per heavy atom. The van der Waals surface area contributed by atoms with Crippen LogP contribution in [0.4, 0.5) is 0 Å². The van der Waals surface area contributed by atoms with Crippen LogP contribution in [0.15, 0.2) is 48.5 Å². The first-order chi connectivity index (χ1) is 10.5. The van der Waals surface area contributed by atoms with E-state index in [2.05, 4.69) is 0 Å². The molecule has 0 saturated heterocycles. The second kappa shape index (κ2) is 6.73. The van der Waals surface area contributed by atoms with E-state index in [9.17, 15) is 4.79 Å². The van der Waals surface area contributed by atoms with Gasteiger partial charge < -0.3 is 14.2 Å². The fourth-order valence-corrected chi connectivity index (χ4v) is 2.00. The predicted octanol–water partition coefficient (Wildman–Crippen LogP) is 3.68. The number of hydrogen-bond donors (Lipinski definition) is 0. The quantitative estimate of drug-likeness (QED) is 0.480. The van der Waals surface area contributed by atoms with Crippen molar-refractivity contribution in [3.05, 3.63) is 65.2 Å². The molecule has 0 spiro atoms. The third kappa shape index (κ3) is 3.53. The molecule has 0 aliphatic heterocycles. The number of aryl methyl sites for hydroxylation is 1. The summed E-state index contributed by atoms with van der Waals surface area (Å²) in [5.74, 6) is -0.704. The van der Waals surface area contributed by atoms with Crippen molar-refractivity contribution in [2.24, 2.45) is 0 Å². The molecule has 0 aliphatic rings. The minimum atomic E-state index is -0.834. The minimum Gasteiger partial charge on any atom is -0.423 e. The van der Waals surface area contributed by atoms with Crippen molar-refractivity contribution < 1.29 is 19.0 Å². The maximum atomic E-state index is 12.1.